The van der Waals surface area contributed by atoms with Crippen molar-refractivity contribution in [3.8, 4) is 0 Å². The molecule has 0 radical (unpaired) electrons. The fourth-order valence-electron chi connectivity index (χ4n) is 5.61. The van der Waals surface area contributed by atoms with Crippen molar-refractivity contribution in [3.05, 3.63) is 41.2 Å². The standard InChI is InChI=1S/C24H30F3N5OS/c1-31-21(17-7-9-28-20(33)13-17)29-30-22(31)34-12-2-10-32-11-8-23(15-32)14-19(23)16-3-5-18(6-4-16)24(25,26)27/h3-6,17,19H,2,7-15H2,1H3,(H,28,33)/t17?,19?,23-/m0/s1. The molecular weight excluding hydrogens is 463 g/mol. The van der Waals surface area contributed by atoms with Gasteiger partial charge in [0.15, 0.2) is 5.16 Å². The minimum absolute atomic E-state index is 0.0769. The van der Waals surface area contributed by atoms with Gasteiger partial charge in [0.2, 0.25) is 5.91 Å². The van der Waals surface area contributed by atoms with Gasteiger partial charge in [0, 0.05) is 38.2 Å². The van der Waals surface area contributed by atoms with Gasteiger partial charge in [-0.15, -0.1) is 10.2 Å². The maximum Gasteiger partial charge on any atom is 0.416 e. The summed E-state index contributed by atoms with van der Waals surface area (Å²) in [5, 5.41) is 12.4. The summed E-state index contributed by atoms with van der Waals surface area (Å²) < 4.78 is 40.5. The summed E-state index contributed by atoms with van der Waals surface area (Å²) in [6, 6.07) is 5.76. The van der Waals surface area contributed by atoms with Crippen molar-refractivity contribution in [3.63, 3.8) is 0 Å². The molecule has 1 spiro atoms. The molecule has 3 fully saturated rings. The van der Waals surface area contributed by atoms with Crippen LogP contribution in [-0.2, 0) is 18.0 Å². The Labute approximate surface area is 201 Å². The number of hydrogen-bond donors (Lipinski definition) is 1. The number of amides is 1. The Morgan fingerprint density at radius 3 is 2.76 bits per heavy atom. The van der Waals surface area contributed by atoms with Gasteiger partial charge in [-0.05, 0) is 67.8 Å². The van der Waals surface area contributed by atoms with Crippen LogP contribution in [0.1, 0.15) is 60.9 Å². The quantitative estimate of drug-likeness (QED) is 0.463. The molecule has 2 aromatic rings. The molecule has 1 aromatic carbocycles. The number of aromatic nitrogens is 3. The van der Waals surface area contributed by atoms with E-state index in [0.717, 1.165) is 67.6 Å². The lowest BCUT2D eigenvalue weighted by molar-refractivity contribution is -0.137. The Morgan fingerprint density at radius 2 is 2.03 bits per heavy atom. The average molecular weight is 494 g/mol. The van der Waals surface area contributed by atoms with Crippen molar-refractivity contribution >= 4 is 17.7 Å². The molecule has 3 heterocycles. The Kier molecular flexibility index (Phi) is 6.39. The SMILES string of the molecule is Cn1c(SCCCN2CC[C@]3(CC3c3ccc(C(F)(F)F)cc3)C2)nnc1C1CCNC(=O)C1. The maximum absolute atomic E-state index is 12.8. The topological polar surface area (TPSA) is 63.1 Å². The van der Waals surface area contributed by atoms with Gasteiger partial charge in [0.1, 0.15) is 5.82 Å². The molecular formula is C24H30F3N5OS. The third-order valence-corrected chi connectivity index (χ3v) is 8.73. The molecule has 5 rings (SSSR count). The van der Waals surface area contributed by atoms with Crippen molar-refractivity contribution in [1.29, 1.82) is 0 Å². The summed E-state index contributed by atoms with van der Waals surface area (Å²) in [6.45, 7) is 3.79. The zero-order valence-corrected chi connectivity index (χ0v) is 20.1. The van der Waals surface area contributed by atoms with Crippen LogP contribution in [0.25, 0.3) is 0 Å². The van der Waals surface area contributed by atoms with E-state index in [4.69, 9.17) is 0 Å². The number of thioether (sulfide) groups is 1. The van der Waals surface area contributed by atoms with Gasteiger partial charge in [-0.3, -0.25) is 4.79 Å². The van der Waals surface area contributed by atoms with Gasteiger partial charge in [-0.1, -0.05) is 23.9 Å². The summed E-state index contributed by atoms with van der Waals surface area (Å²) in [6.07, 6.45) is 0.325. The second kappa shape index (κ2) is 9.18. The molecule has 184 valence electrons. The highest BCUT2D eigenvalue weighted by atomic mass is 32.2. The maximum atomic E-state index is 12.8. The number of hydrogen-bond acceptors (Lipinski definition) is 5. The number of nitrogens with one attached hydrogen (secondary N) is 1. The second-order valence-electron chi connectivity index (χ2n) is 9.91. The van der Waals surface area contributed by atoms with E-state index in [0.29, 0.717) is 18.9 Å². The third kappa shape index (κ3) is 4.84. The smallest absolute Gasteiger partial charge is 0.356 e. The summed E-state index contributed by atoms with van der Waals surface area (Å²) >= 11 is 1.70. The predicted molar refractivity (Wildman–Crippen MR) is 124 cm³/mol. The lowest BCUT2D eigenvalue weighted by atomic mass is 9.97. The van der Waals surface area contributed by atoms with E-state index in [1.165, 1.54) is 12.1 Å². The molecule has 1 aromatic heterocycles. The minimum Gasteiger partial charge on any atom is -0.356 e. The fourth-order valence-corrected chi connectivity index (χ4v) is 6.45. The lowest BCUT2D eigenvalue weighted by Crippen LogP contribution is -2.33. The van der Waals surface area contributed by atoms with Gasteiger partial charge in [0.05, 0.1) is 5.56 Å². The first-order valence-corrected chi connectivity index (χ1v) is 12.9. The fraction of sp³-hybridized carbons (Fsp3) is 0.625. The Morgan fingerprint density at radius 1 is 1.24 bits per heavy atom. The van der Waals surface area contributed by atoms with Crippen LogP contribution in [-0.4, -0.2) is 57.5 Å². The van der Waals surface area contributed by atoms with Crippen LogP contribution in [0.2, 0.25) is 0 Å². The van der Waals surface area contributed by atoms with Gasteiger partial charge >= 0.3 is 6.18 Å². The predicted octanol–water partition coefficient (Wildman–Crippen LogP) is 4.19. The zero-order valence-electron chi connectivity index (χ0n) is 19.3. The molecule has 0 bridgehead atoms. The number of piperidine rings is 1. The first-order chi connectivity index (χ1) is 16.2. The van der Waals surface area contributed by atoms with Gasteiger partial charge in [0.25, 0.3) is 0 Å². The largest absolute Gasteiger partial charge is 0.416 e. The highest BCUT2D eigenvalue weighted by molar-refractivity contribution is 7.99. The van der Waals surface area contributed by atoms with Crippen LogP contribution in [0, 0.1) is 5.41 Å². The number of benzene rings is 1. The zero-order chi connectivity index (χ0) is 23.9. The van der Waals surface area contributed by atoms with Crippen LogP contribution < -0.4 is 5.32 Å². The van der Waals surface area contributed by atoms with Crippen LogP contribution in [0.5, 0.6) is 0 Å². The molecule has 3 atom stereocenters. The van der Waals surface area contributed by atoms with E-state index >= 15 is 0 Å². The van der Waals surface area contributed by atoms with Crippen molar-refractivity contribution in [2.75, 3.05) is 31.9 Å². The molecule has 34 heavy (non-hydrogen) atoms. The van der Waals surface area contributed by atoms with E-state index in [1.54, 1.807) is 23.9 Å². The summed E-state index contributed by atoms with van der Waals surface area (Å²) in [5.74, 6) is 2.43. The third-order valence-electron chi connectivity index (χ3n) is 7.62. The van der Waals surface area contributed by atoms with Crippen LogP contribution in [0.15, 0.2) is 29.4 Å². The number of alkyl halides is 3. The number of likely N-dealkylation sites (tertiary alicyclic amines) is 1. The van der Waals surface area contributed by atoms with E-state index in [9.17, 15) is 18.0 Å². The highest BCUT2D eigenvalue weighted by Crippen LogP contribution is 2.64. The number of carbonyl (C=O) groups is 1. The second-order valence-corrected chi connectivity index (χ2v) is 11.0. The Bertz CT molecular complexity index is 1040. The molecule has 2 saturated heterocycles. The highest BCUT2D eigenvalue weighted by Gasteiger charge is 2.57. The minimum atomic E-state index is -4.28. The van der Waals surface area contributed by atoms with E-state index in [-0.39, 0.29) is 17.2 Å². The molecule has 3 aliphatic rings. The van der Waals surface area contributed by atoms with Crippen LogP contribution in [0.3, 0.4) is 0 Å². The number of rotatable bonds is 7. The van der Waals surface area contributed by atoms with E-state index in [1.807, 2.05) is 11.6 Å². The molecule has 2 aliphatic heterocycles. The van der Waals surface area contributed by atoms with Crippen LogP contribution in [0.4, 0.5) is 13.2 Å². The average Bonchev–Trinajstić information content (AvgIpc) is 3.14. The molecule has 2 unspecified atom stereocenters. The number of nitrogens with zero attached hydrogens (tertiary/aromatic N) is 4. The van der Waals surface area contributed by atoms with Crippen molar-refractivity contribution in [2.45, 2.75) is 55.3 Å². The van der Waals surface area contributed by atoms with E-state index in [2.05, 4.69) is 20.4 Å². The molecule has 6 nitrogen and oxygen atoms in total. The first kappa shape index (κ1) is 23.7. The van der Waals surface area contributed by atoms with Crippen molar-refractivity contribution in [1.82, 2.24) is 25.0 Å². The molecule has 10 heteroatoms. The Hall–Kier alpha value is -2.07. The van der Waals surface area contributed by atoms with Crippen LogP contribution >= 0.6 is 11.8 Å². The van der Waals surface area contributed by atoms with E-state index < -0.39 is 11.7 Å². The van der Waals surface area contributed by atoms with Gasteiger partial charge < -0.3 is 14.8 Å². The summed E-state index contributed by atoms with van der Waals surface area (Å²) in [5.41, 5.74) is 0.715. The first-order valence-electron chi connectivity index (χ1n) is 11.9. The van der Waals surface area contributed by atoms with Gasteiger partial charge in [-0.25, -0.2) is 0 Å². The van der Waals surface area contributed by atoms with Crippen molar-refractivity contribution in [2.24, 2.45) is 12.5 Å². The summed E-state index contributed by atoms with van der Waals surface area (Å²) in [7, 11) is 1.98. The molecule has 1 amide bonds. The normalized spacial score (nSPS) is 27.4. The Balaban J connectivity index is 1.07. The molecule has 1 aliphatic carbocycles. The number of halogens is 3. The molecule has 1 N–H and O–H groups in total. The van der Waals surface area contributed by atoms with Gasteiger partial charge in [-0.2, -0.15) is 13.2 Å². The monoisotopic (exact) mass is 493 g/mol. The molecule has 1 saturated carbocycles. The summed E-state index contributed by atoms with van der Waals surface area (Å²) in [4.78, 5) is 14.2. The number of carbonyl (C=O) groups excluding carboxylic acids is 1. The van der Waals surface area contributed by atoms with Crippen molar-refractivity contribution < 1.29 is 18.0 Å². The lowest BCUT2D eigenvalue weighted by Gasteiger charge is -2.21.